The number of anilines is 1. The summed E-state index contributed by atoms with van der Waals surface area (Å²) in [5, 5.41) is 13.7. The van der Waals surface area contributed by atoms with Crippen molar-refractivity contribution in [3.8, 4) is 6.07 Å². The second-order valence-corrected chi connectivity index (χ2v) is 6.06. The van der Waals surface area contributed by atoms with Crippen LogP contribution in [0.2, 0.25) is 0 Å². The Bertz CT molecular complexity index is 650. The number of halogens is 2. The predicted molar refractivity (Wildman–Crippen MR) is 61.8 cm³/mol. The van der Waals surface area contributed by atoms with E-state index in [1.165, 1.54) is 0 Å². The molecule has 2 heterocycles. The number of nitrogens with one attached hydrogen (secondary N) is 1. The third-order valence-electron chi connectivity index (χ3n) is 2.56. The highest BCUT2D eigenvalue weighted by Gasteiger charge is 2.41. The van der Waals surface area contributed by atoms with E-state index in [1.54, 1.807) is 0 Å². The minimum atomic E-state index is -4.78. The smallest absolute Gasteiger partial charge is 0.293 e. The molecule has 1 aromatic rings. The Labute approximate surface area is 110 Å². The van der Waals surface area contributed by atoms with E-state index in [0.29, 0.717) is 0 Å². The van der Waals surface area contributed by atoms with Crippen molar-refractivity contribution in [3.05, 3.63) is 10.2 Å². The molecule has 1 amide bonds. The summed E-state index contributed by atoms with van der Waals surface area (Å²) in [5.41, 5.74) is 0.0697. The fourth-order valence-corrected chi connectivity index (χ4v) is 2.70. The van der Waals surface area contributed by atoms with Crippen molar-refractivity contribution < 1.29 is 17.1 Å². The number of nitriles is 1. The van der Waals surface area contributed by atoms with E-state index < -0.39 is 27.8 Å². The first-order valence-corrected chi connectivity index (χ1v) is 6.96. The molecule has 0 radical (unpaired) electrons. The van der Waals surface area contributed by atoms with Gasteiger partial charge in [-0.1, -0.05) is 0 Å². The van der Waals surface area contributed by atoms with Gasteiger partial charge in [-0.05, 0) is 15.9 Å². The Kier molecular flexibility index (Phi) is 3.12. The van der Waals surface area contributed by atoms with Gasteiger partial charge in [-0.3, -0.25) is 14.8 Å². The summed E-state index contributed by atoms with van der Waals surface area (Å²) in [4.78, 5) is 12.6. The van der Waals surface area contributed by atoms with E-state index in [9.17, 15) is 17.1 Å². The van der Waals surface area contributed by atoms with E-state index in [-0.39, 0.29) is 22.5 Å². The van der Waals surface area contributed by atoms with Crippen LogP contribution in [0.3, 0.4) is 0 Å². The largest absolute Gasteiger partial charge is 0.307 e. The summed E-state index contributed by atoms with van der Waals surface area (Å²) in [6.45, 7) is -0.344. The first-order valence-electron chi connectivity index (χ1n) is 4.72. The minimum absolute atomic E-state index is 0.000486. The van der Waals surface area contributed by atoms with Crippen LogP contribution in [-0.4, -0.2) is 36.3 Å². The maximum Gasteiger partial charge on any atom is 0.307 e. The van der Waals surface area contributed by atoms with Crippen LogP contribution < -0.4 is 4.90 Å². The maximum absolute atomic E-state index is 12.8. The van der Waals surface area contributed by atoms with Crippen molar-refractivity contribution in [2.24, 2.45) is 0 Å². The zero-order valence-electron chi connectivity index (χ0n) is 8.72. The van der Waals surface area contributed by atoms with Crippen LogP contribution in [0.15, 0.2) is 4.60 Å². The van der Waals surface area contributed by atoms with Crippen LogP contribution in [-0.2, 0) is 15.0 Å². The van der Waals surface area contributed by atoms with Gasteiger partial charge in [0.25, 0.3) is 0 Å². The number of hydrogen-bond donors (Lipinski definition) is 1. The fraction of sp³-hybridized carbons (Fsp3) is 0.375. The SMILES string of the molecule is N#Cc1c(N2CC(S(=O)(=O)F)CC2=O)n[nH]c1Br. The number of carbonyl (C=O) groups is 1. The molecule has 18 heavy (non-hydrogen) atoms. The van der Waals surface area contributed by atoms with Crippen molar-refractivity contribution in [1.82, 2.24) is 10.2 Å². The second kappa shape index (κ2) is 4.33. The van der Waals surface area contributed by atoms with Gasteiger partial charge in [-0.2, -0.15) is 18.8 Å². The Morgan fingerprint density at radius 2 is 2.28 bits per heavy atom. The molecule has 1 atom stereocenters. The molecule has 96 valence electrons. The Hall–Kier alpha value is -1.47. The lowest BCUT2D eigenvalue weighted by atomic mass is 10.3. The van der Waals surface area contributed by atoms with Gasteiger partial charge < -0.3 is 0 Å². The van der Waals surface area contributed by atoms with Crippen molar-refractivity contribution in [3.63, 3.8) is 0 Å². The molecule has 0 saturated carbocycles. The van der Waals surface area contributed by atoms with Crippen molar-refractivity contribution in [2.45, 2.75) is 11.7 Å². The molecule has 1 unspecified atom stereocenters. The Morgan fingerprint density at radius 3 is 2.78 bits per heavy atom. The zero-order chi connectivity index (χ0) is 13.5. The number of rotatable bonds is 2. The Morgan fingerprint density at radius 1 is 1.61 bits per heavy atom. The molecule has 1 fully saturated rings. The number of carbonyl (C=O) groups excluding carboxylic acids is 1. The molecule has 2 rings (SSSR count). The molecule has 1 saturated heterocycles. The first kappa shape index (κ1) is 13.0. The van der Waals surface area contributed by atoms with Crippen molar-refractivity contribution in [2.75, 3.05) is 11.4 Å². The maximum atomic E-state index is 12.8. The van der Waals surface area contributed by atoms with Gasteiger partial charge in [0.1, 0.15) is 21.5 Å². The van der Waals surface area contributed by atoms with Gasteiger partial charge in [0.05, 0.1) is 0 Å². The molecule has 10 heteroatoms. The first-order chi connectivity index (χ1) is 8.34. The number of aromatic nitrogens is 2. The van der Waals surface area contributed by atoms with E-state index in [1.807, 2.05) is 6.07 Å². The summed E-state index contributed by atoms with van der Waals surface area (Å²) in [6.07, 6.45) is -0.450. The fourth-order valence-electron chi connectivity index (χ4n) is 1.67. The number of amides is 1. The molecule has 1 aromatic heterocycles. The molecule has 1 aliphatic rings. The molecule has 0 bridgehead atoms. The van der Waals surface area contributed by atoms with Gasteiger partial charge >= 0.3 is 10.2 Å². The van der Waals surface area contributed by atoms with Crippen LogP contribution in [0.25, 0.3) is 0 Å². The molecule has 0 spiro atoms. The average molecular weight is 337 g/mol. The highest BCUT2D eigenvalue weighted by molar-refractivity contribution is 9.10. The summed E-state index contributed by atoms with van der Waals surface area (Å²) >= 11 is 3.03. The lowest BCUT2D eigenvalue weighted by Gasteiger charge is -2.12. The predicted octanol–water partition coefficient (Wildman–Crippen LogP) is 0.448. The Balaban J connectivity index is 2.37. The van der Waals surface area contributed by atoms with Gasteiger partial charge in [-0.25, -0.2) is 0 Å². The number of nitrogens with zero attached hydrogens (tertiary/aromatic N) is 3. The highest BCUT2D eigenvalue weighted by Crippen LogP contribution is 2.29. The van der Waals surface area contributed by atoms with Gasteiger partial charge in [-0.15, -0.1) is 3.89 Å². The molecule has 0 aliphatic carbocycles. The standard InChI is InChI=1S/C8H6BrFN4O3S/c9-7-5(2-11)8(13-12-7)14-3-4(1-6(14)15)18(10,16)17/h4H,1,3H2,(H,12,13). The summed E-state index contributed by atoms with van der Waals surface area (Å²) in [7, 11) is -4.78. The van der Waals surface area contributed by atoms with Crippen LogP contribution >= 0.6 is 15.9 Å². The summed E-state index contributed by atoms with van der Waals surface area (Å²) in [5.74, 6) is -0.586. The second-order valence-electron chi connectivity index (χ2n) is 3.65. The van der Waals surface area contributed by atoms with Crippen LogP contribution in [0, 0.1) is 11.3 Å². The molecule has 0 aromatic carbocycles. The third kappa shape index (κ3) is 2.11. The van der Waals surface area contributed by atoms with Gasteiger partial charge in [0.15, 0.2) is 5.82 Å². The van der Waals surface area contributed by atoms with E-state index in [0.717, 1.165) is 4.90 Å². The zero-order valence-corrected chi connectivity index (χ0v) is 11.1. The van der Waals surface area contributed by atoms with E-state index >= 15 is 0 Å². The van der Waals surface area contributed by atoms with Gasteiger partial charge in [0.2, 0.25) is 5.91 Å². The van der Waals surface area contributed by atoms with E-state index in [2.05, 4.69) is 26.1 Å². The van der Waals surface area contributed by atoms with Crippen molar-refractivity contribution in [1.29, 1.82) is 5.26 Å². The topological polar surface area (TPSA) is 107 Å². The average Bonchev–Trinajstić information content (AvgIpc) is 2.80. The summed E-state index contributed by atoms with van der Waals surface area (Å²) in [6, 6.07) is 1.82. The van der Waals surface area contributed by atoms with Crippen molar-refractivity contribution >= 4 is 37.9 Å². The number of aromatic amines is 1. The third-order valence-corrected chi connectivity index (χ3v) is 4.24. The molecule has 7 nitrogen and oxygen atoms in total. The molecule has 1 N–H and O–H groups in total. The van der Waals surface area contributed by atoms with E-state index in [4.69, 9.17) is 5.26 Å². The number of H-pyrrole nitrogens is 1. The van der Waals surface area contributed by atoms with Crippen LogP contribution in [0.1, 0.15) is 12.0 Å². The highest BCUT2D eigenvalue weighted by atomic mass is 79.9. The summed E-state index contributed by atoms with van der Waals surface area (Å²) < 4.78 is 34.6. The molecular weight excluding hydrogens is 331 g/mol. The monoisotopic (exact) mass is 336 g/mol. The lowest BCUT2D eigenvalue weighted by Crippen LogP contribution is -2.27. The lowest BCUT2D eigenvalue weighted by molar-refractivity contribution is -0.117. The normalized spacial score (nSPS) is 20.2. The molecule has 1 aliphatic heterocycles. The quantitative estimate of drug-likeness (QED) is 0.789. The molecular formula is C8H6BrFN4O3S. The van der Waals surface area contributed by atoms with Crippen LogP contribution in [0.4, 0.5) is 9.70 Å². The number of hydrogen-bond acceptors (Lipinski definition) is 5. The van der Waals surface area contributed by atoms with Crippen LogP contribution in [0.5, 0.6) is 0 Å². The minimum Gasteiger partial charge on any atom is -0.293 e. The van der Waals surface area contributed by atoms with Gasteiger partial charge in [0, 0.05) is 13.0 Å².